The minimum absolute atomic E-state index is 0.132. The molecule has 0 atom stereocenters. The van der Waals surface area contributed by atoms with Gasteiger partial charge in [-0.1, -0.05) is 48.2 Å². The third kappa shape index (κ3) is 5.46. The van der Waals surface area contributed by atoms with Crippen molar-refractivity contribution in [3.05, 3.63) is 83.6 Å². The smallest absolute Gasteiger partial charge is 0.236 e. The number of aryl methyl sites for hydroxylation is 1. The van der Waals surface area contributed by atoms with Gasteiger partial charge >= 0.3 is 0 Å². The number of benzene rings is 2. The fraction of sp³-hybridized carbons (Fsp3) is 0.0909. The first-order valence-electron chi connectivity index (χ1n) is 9.47. The molecule has 1 amide bonds. The number of halogens is 1. The van der Waals surface area contributed by atoms with E-state index in [1.54, 1.807) is 22.9 Å². The zero-order valence-electron chi connectivity index (χ0n) is 16.6. The minimum atomic E-state index is -0.334. The molecule has 0 fully saturated rings. The van der Waals surface area contributed by atoms with Gasteiger partial charge in [-0.3, -0.25) is 9.89 Å². The van der Waals surface area contributed by atoms with Crippen LogP contribution in [0.3, 0.4) is 0 Å². The molecule has 4 aromatic rings. The van der Waals surface area contributed by atoms with E-state index in [1.807, 2.05) is 49.4 Å². The number of carbonyl (C=O) groups is 1. The lowest BCUT2D eigenvalue weighted by Gasteiger charge is -2.08. The van der Waals surface area contributed by atoms with Crippen molar-refractivity contribution in [1.82, 2.24) is 25.0 Å². The Morgan fingerprint density at radius 3 is 2.71 bits per heavy atom. The highest BCUT2D eigenvalue weighted by Crippen LogP contribution is 2.19. The summed E-state index contributed by atoms with van der Waals surface area (Å²) in [5.74, 6) is 0.694. The normalized spacial score (nSPS) is 11.2. The maximum atomic E-state index is 13.2. The molecule has 0 saturated heterocycles. The molecule has 2 aromatic heterocycles. The number of aromatic amines is 1. The SMILES string of the molecule is Cc1cc(NC(=O)CSc2n[nH]c(/C=C/c3ccccc3)n2)n(-c2ccc(F)cc2)n1. The van der Waals surface area contributed by atoms with Crippen molar-refractivity contribution in [3.8, 4) is 5.69 Å². The third-order valence-corrected chi connectivity index (χ3v) is 5.07. The molecule has 0 bridgehead atoms. The van der Waals surface area contributed by atoms with Gasteiger partial charge in [0.1, 0.15) is 17.5 Å². The van der Waals surface area contributed by atoms with E-state index in [-0.39, 0.29) is 17.5 Å². The average molecular weight is 435 g/mol. The van der Waals surface area contributed by atoms with Crippen molar-refractivity contribution in [3.63, 3.8) is 0 Å². The fourth-order valence-corrected chi connectivity index (χ4v) is 3.42. The second kappa shape index (κ2) is 9.40. The molecular weight excluding hydrogens is 415 g/mol. The van der Waals surface area contributed by atoms with Gasteiger partial charge in [0, 0.05) is 6.07 Å². The predicted octanol–water partition coefficient (Wildman–Crippen LogP) is 4.34. The van der Waals surface area contributed by atoms with E-state index in [0.29, 0.717) is 22.5 Å². The number of thioether (sulfide) groups is 1. The molecule has 2 aromatic carbocycles. The molecule has 7 nitrogen and oxygen atoms in total. The van der Waals surface area contributed by atoms with Crippen molar-refractivity contribution in [2.45, 2.75) is 12.1 Å². The molecule has 2 N–H and O–H groups in total. The van der Waals surface area contributed by atoms with Crippen LogP contribution in [0.25, 0.3) is 17.8 Å². The fourth-order valence-electron chi connectivity index (χ4n) is 2.81. The molecule has 9 heteroatoms. The minimum Gasteiger partial charge on any atom is -0.310 e. The third-order valence-electron chi connectivity index (χ3n) is 4.22. The number of H-pyrrole nitrogens is 1. The molecule has 0 aliphatic heterocycles. The molecule has 0 radical (unpaired) electrons. The molecule has 4 rings (SSSR count). The molecule has 0 aliphatic rings. The highest BCUT2D eigenvalue weighted by atomic mass is 32.2. The molecule has 0 spiro atoms. The number of aromatic nitrogens is 5. The van der Waals surface area contributed by atoms with E-state index in [0.717, 1.165) is 11.3 Å². The Morgan fingerprint density at radius 2 is 1.94 bits per heavy atom. The highest BCUT2D eigenvalue weighted by molar-refractivity contribution is 7.99. The number of hydrogen-bond acceptors (Lipinski definition) is 5. The number of anilines is 1. The maximum Gasteiger partial charge on any atom is 0.236 e. The Kier molecular flexibility index (Phi) is 6.23. The summed E-state index contributed by atoms with van der Waals surface area (Å²) in [6.45, 7) is 1.82. The van der Waals surface area contributed by atoms with Crippen molar-refractivity contribution in [2.24, 2.45) is 0 Å². The Balaban J connectivity index is 1.36. The van der Waals surface area contributed by atoms with Crippen LogP contribution in [0.4, 0.5) is 10.2 Å². The van der Waals surface area contributed by atoms with Gasteiger partial charge in [-0.15, -0.1) is 5.10 Å². The van der Waals surface area contributed by atoms with E-state index in [2.05, 4.69) is 25.6 Å². The number of rotatable bonds is 7. The van der Waals surface area contributed by atoms with Crippen LogP contribution >= 0.6 is 11.8 Å². The molecule has 0 saturated carbocycles. The van der Waals surface area contributed by atoms with Crippen LogP contribution < -0.4 is 5.32 Å². The number of carbonyl (C=O) groups excluding carboxylic acids is 1. The summed E-state index contributed by atoms with van der Waals surface area (Å²) in [7, 11) is 0. The lowest BCUT2D eigenvalue weighted by molar-refractivity contribution is -0.113. The molecule has 0 aliphatic carbocycles. The predicted molar refractivity (Wildman–Crippen MR) is 119 cm³/mol. The first-order chi connectivity index (χ1) is 15.1. The van der Waals surface area contributed by atoms with Crippen LogP contribution in [0.1, 0.15) is 17.1 Å². The van der Waals surface area contributed by atoms with E-state index in [9.17, 15) is 9.18 Å². The van der Waals surface area contributed by atoms with Gasteiger partial charge in [-0.05, 0) is 42.8 Å². The lowest BCUT2D eigenvalue weighted by Crippen LogP contribution is -2.17. The Hall–Kier alpha value is -3.72. The molecule has 31 heavy (non-hydrogen) atoms. The number of amides is 1. The van der Waals surface area contributed by atoms with Crippen LogP contribution in [0.15, 0.2) is 65.8 Å². The van der Waals surface area contributed by atoms with Gasteiger partial charge in [-0.25, -0.2) is 14.1 Å². The van der Waals surface area contributed by atoms with E-state index >= 15 is 0 Å². The van der Waals surface area contributed by atoms with Gasteiger partial charge in [0.05, 0.1) is 17.1 Å². The summed E-state index contributed by atoms with van der Waals surface area (Å²) in [6.07, 6.45) is 3.76. The van der Waals surface area contributed by atoms with Crippen molar-refractivity contribution in [1.29, 1.82) is 0 Å². The first-order valence-corrected chi connectivity index (χ1v) is 10.5. The van der Waals surface area contributed by atoms with E-state index in [1.165, 1.54) is 23.9 Å². The second-order valence-corrected chi connectivity index (χ2v) is 7.59. The quantitative estimate of drug-likeness (QED) is 0.423. The molecule has 0 unspecified atom stereocenters. The van der Waals surface area contributed by atoms with Crippen LogP contribution in [0.5, 0.6) is 0 Å². The molecule has 156 valence electrons. The average Bonchev–Trinajstić information content (AvgIpc) is 3.38. The van der Waals surface area contributed by atoms with Crippen molar-refractivity contribution >= 4 is 35.6 Å². The zero-order valence-corrected chi connectivity index (χ0v) is 17.4. The largest absolute Gasteiger partial charge is 0.310 e. The van der Waals surface area contributed by atoms with Crippen molar-refractivity contribution in [2.75, 3.05) is 11.1 Å². The van der Waals surface area contributed by atoms with Gasteiger partial charge in [-0.2, -0.15) is 5.10 Å². The zero-order chi connectivity index (χ0) is 21.6. The van der Waals surface area contributed by atoms with Gasteiger partial charge in [0.2, 0.25) is 11.1 Å². The van der Waals surface area contributed by atoms with Gasteiger partial charge < -0.3 is 5.32 Å². The topological polar surface area (TPSA) is 88.5 Å². The summed E-state index contributed by atoms with van der Waals surface area (Å²) in [4.78, 5) is 16.8. The standard InChI is InChI=1S/C22H19FN6OS/c1-15-13-20(29(28-15)18-10-8-17(23)9-11-18)25-21(30)14-31-22-24-19(26-27-22)12-7-16-5-3-2-4-6-16/h2-13H,14H2,1H3,(H,25,30)(H,24,26,27)/b12-7+. The summed E-state index contributed by atoms with van der Waals surface area (Å²) >= 11 is 1.22. The summed E-state index contributed by atoms with van der Waals surface area (Å²) in [5.41, 5.74) is 2.44. The van der Waals surface area contributed by atoms with Gasteiger partial charge in [0.25, 0.3) is 0 Å². The second-order valence-electron chi connectivity index (χ2n) is 6.64. The van der Waals surface area contributed by atoms with Crippen LogP contribution in [-0.2, 0) is 4.79 Å². The van der Waals surface area contributed by atoms with Crippen LogP contribution in [0.2, 0.25) is 0 Å². The maximum absolute atomic E-state index is 13.2. The number of hydrogen-bond donors (Lipinski definition) is 2. The molecular formula is C22H19FN6OS. The van der Waals surface area contributed by atoms with E-state index < -0.39 is 0 Å². The Bertz CT molecular complexity index is 1200. The Morgan fingerprint density at radius 1 is 1.16 bits per heavy atom. The van der Waals surface area contributed by atoms with Crippen LogP contribution in [-0.4, -0.2) is 36.6 Å². The van der Waals surface area contributed by atoms with Crippen molar-refractivity contribution < 1.29 is 9.18 Å². The summed E-state index contributed by atoms with van der Waals surface area (Å²) < 4.78 is 14.8. The van der Waals surface area contributed by atoms with E-state index in [4.69, 9.17) is 0 Å². The highest BCUT2D eigenvalue weighted by Gasteiger charge is 2.12. The number of nitrogens with one attached hydrogen (secondary N) is 2. The lowest BCUT2D eigenvalue weighted by atomic mass is 10.2. The Labute approximate surface area is 182 Å². The van der Waals surface area contributed by atoms with Gasteiger partial charge in [0.15, 0.2) is 0 Å². The molecule has 2 heterocycles. The summed E-state index contributed by atoms with van der Waals surface area (Å²) in [5, 5.41) is 14.6. The summed E-state index contributed by atoms with van der Waals surface area (Å²) in [6, 6.07) is 17.5. The first kappa shape index (κ1) is 20.5. The van der Waals surface area contributed by atoms with Crippen LogP contribution in [0, 0.1) is 12.7 Å². The monoisotopic (exact) mass is 434 g/mol. The number of nitrogens with zero attached hydrogens (tertiary/aromatic N) is 4.